The Bertz CT molecular complexity index is 683. The van der Waals surface area contributed by atoms with Crippen molar-refractivity contribution in [2.45, 2.75) is 26.5 Å². The number of carboxylic acid groups (broad SMARTS) is 1. The van der Waals surface area contributed by atoms with Crippen LogP contribution in [-0.2, 0) is 6.54 Å². The van der Waals surface area contributed by atoms with E-state index in [9.17, 15) is 19.8 Å². The predicted molar refractivity (Wildman–Crippen MR) is 73.4 cm³/mol. The van der Waals surface area contributed by atoms with Crippen molar-refractivity contribution in [3.8, 4) is 5.69 Å². The number of aliphatic hydroxyl groups excluding tert-OH is 1. The van der Waals surface area contributed by atoms with Gasteiger partial charge in [-0.2, -0.15) is 0 Å². The number of carboxylic acids is 1. The van der Waals surface area contributed by atoms with Gasteiger partial charge < -0.3 is 10.2 Å². The van der Waals surface area contributed by atoms with Crippen molar-refractivity contribution in [2.24, 2.45) is 0 Å². The molecular formula is C14H16N2O4. The van der Waals surface area contributed by atoms with Gasteiger partial charge in [0.25, 0.3) is 5.56 Å². The Hall–Kier alpha value is -2.34. The topological polar surface area (TPSA) is 84.5 Å². The minimum Gasteiger partial charge on any atom is -0.477 e. The van der Waals surface area contributed by atoms with Crippen LogP contribution < -0.4 is 5.56 Å². The van der Waals surface area contributed by atoms with Crippen LogP contribution in [0.15, 0.2) is 35.1 Å². The number of para-hydroxylation sites is 1. The monoisotopic (exact) mass is 276 g/mol. The summed E-state index contributed by atoms with van der Waals surface area (Å²) >= 11 is 0. The molecule has 0 saturated heterocycles. The molecule has 2 N–H and O–H groups in total. The Morgan fingerprint density at radius 3 is 2.40 bits per heavy atom. The molecular weight excluding hydrogens is 260 g/mol. The van der Waals surface area contributed by atoms with Crippen LogP contribution in [0, 0.1) is 6.92 Å². The zero-order valence-corrected chi connectivity index (χ0v) is 11.3. The van der Waals surface area contributed by atoms with Gasteiger partial charge in [0, 0.05) is 0 Å². The number of hydrogen-bond acceptors (Lipinski definition) is 3. The van der Waals surface area contributed by atoms with Crippen molar-refractivity contribution >= 4 is 5.97 Å². The SMILES string of the molecule is Cc1c(C(=O)O)c(=O)n(-c2ccccc2)n1CC(C)O. The molecule has 2 rings (SSSR count). The van der Waals surface area contributed by atoms with Crippen LogP contribution in [0.4, 0.5) is 0 Å². The van der Waals surface area contributed by atoms with Crippen LogP contribution in [0.3, 0.4) is 0 Å². The van der Waals surface area contributed by atoms with E-state index in [0.717, 1.165) is 0 Å². The van der Waals surface area contributed by atoms with Crippen LogP contribution in [-0.4, -0.2) is 31.6 Å². The molecule has 0 aliphatic heterocycles. The Morgan fingerprint density at radius 1 is 1.30 bits per heavy atom. The van der Waals surface area contributed by atoms with Crippen molar-refractivity contribution in [3.63, 3.8) is 0 Å². The summed E-state index contributed by atoms with van der Waals surface area (Å²) in [6.45, 7) is 3.29. The fourth-order valence-corrected chi connectivity index (χ4v) is 2.19. The molecule has 2 aromatic rings. The van der Waals surface area contributed by atoms with E-state index >= 15 is 0 Å². The molecule has 0 amide bonds. The molecule has 0 aliphatic rings. The molecule has 1 heterocycles. The summed E-state index contributed by atoms with van der Waals surface area (Å²) in [6, 6.07) is 8.76. The van der Waals surface area contributed by atoms with Gasteiger partial charge in [-0.1, -0.05) is 18.2 Å². The van der Waals surface area contributed by atoms with Crippen molar-refractivity contribution < 1.29 is 15.0 Å². The average molecular weight is 276 g/mol. The Balaban J connectivity index is 2.75. The molecule has 0 saturated carbocycles. The van der Waals surface area contributed by atoms with Gasteiger partial charge in [-0.25, -0.2) is 9.48 Å². The number of aliphatic hydroxyl groups is 1. The van der Waals surface area contributed by atoms with E-state index in [4.69, 9.17) is 0 Å². The first kappa shape index (κ1) is 14.1. The number of rotatable bonds is 4. The molecule has 1 unspecified atom stereocenters. The van der Waals surface area contributed by atoms with Gasteiger partial charge in [0.1, 0.15) is 5.56 Å². The first-order chi connectivity index (χ1) is 9.43. The van der Waals surface area contributed by atoms with Crippen LogP contribution in [0.2, 0.25) is 0 Å². The second-order valence-electron chi connectivity index (χ2n) is 4.65. The van der Waals surface area contributed by atoms with E-state index in [-0.39, 0.29) is 12.1 Å². The lowest BCUT2D eigenvalue weighted by atomic mass is 10.2. The smallest absolute Gasteiger partial charge is 0.343 e. The van der Waals surface area contributed by atoms with E-state index in [0.29, 0.717) is 11.4 Å². The van der Waals surface area contributed by atoms with Gasteiger partial charge in [0.2, 0.25) is 0 Å². The first-order valence-electron chi connectivity index (χ1n) is 6.22. The molecule has 6 heteroatoms. The maximum atomic E-state index is 12.3. The third-order valence-corrected chi connectivity index (χ3v) is 3.05. The van der Waals surface area contributed by atoms with Crippen molar-refractivity contribution in [3.05, 3.63) is 51.9 Å². The van der Waals surface area contributed by atoms with E-state index < -0.39 is 17.6 Å². The van der Waals surface area contributed by atoms with Crippen molar-refractivity contribution in [1.29, 1.82) is 0 Å². The zero-order chi connectivity index (χ0) is 14.9. The molecule has 106 valence electrons. The molecule has 1 aromatic carbocycles. The van der Waals surface area contributed by atoms with E-state index in [1.165, 1.54) is 9.36 Å². The number of aromatic nitrogens is 2. The maximum Gasteiger partial charge on any atom is 0.343 e. The summed E-state index contributed by atoms with van der Waals surface area (Å²) in [5.74, 6) is -1.26. The van der Waals surface area contributed by atoms with Crippen molar-refractivity contribution in [1.82, 2.24) is 9.36 Å². The summed E-state index contributed by atoms with van der Waals surface area (Å²) in [6.07, 6.45) is -0.697. The van der Waals surface area contributed by atoms with Crippen LogP contribution in [0.5, 0.6) is 0 Å². The Kier molecular flexibility index (Phi) is 3.76. The highest BCUT2D eigenvalue weighted by atomic mass is 16.4. The third-order valence-electron chi connectivity index (χ3n) is 3.05. The van der Waals surface area contributed by atoms with Gasteiger partial charge in [0.05, 0.1) is 24.0 Å². The number of carbonyl (C=O) groups is 1. The molecule has 0 bridgehead atoms. The second kappa shape index (κ2) is 5.34. The quantitative estimate of drug-likeness (QED) is 0.873. The van der Waals surface area contributed by atoms with Crippen LogP contribution >= 0.6 is 0 Å². The van der Waals surface area contributed by atoms with E-state index in [1.54, 1.807) is 44.2 Å². The Morgan fingerprint density at radius 2 is 1.90 bits per heavy atom. The highest BCUT2D eigenvalue weighted by Crippen LogP contribution is 2.12. The molecule has 6 nitrogen and oxygen atoms in total. The molecule has 0 spiro atoms. The van der Waals surface area contributed by atoms with Gasteiger partial charge in [-0.05, 0) is 26.0 Å². The molecule has 0 fully saturated rings. The molecule has 0 aliphatic carbocycles. The first-order valence-corrected chi connectivity index (χ1v) is 6.22. The largest absolute Gasteiger partial charge is 0.477 e. The highest BCUT2D eigenvalue weighted by Gasteiger charge is 2.23. The number of hydrogen-bond donors (Lipinski definition) is 2. The van der Waals surface area contributed by atoms with Gasteiger partial charge >= 0.3 is 5.97 Å². The number of aromatic carboxylic acids is 1. The summed E-state index contributed by atoms with van der Waals surface area (Å²) in [5.41, 5.74) is 0.0253. The molecule has 1 aromatic heterocycles. The fourth-order valence-electron chi connectivity index (χ4n) is 2.19. The maximum absolute atomic E-state index is 12.3. The average Bonchev–Trinajstić information content (AvgIpc) is 2.61. The third kappa shape index (κ3) is 2.37. The summed E-state index contributed by atoms with van der Waals surface area (Å²) in [5, 5.41) is 18.7. The second-order valence-corrected chi connectivity index (χ2v) is 4.65. The highest BCUT2D eigenvalue weighted by molar-refractivity contribution is 5.88. The lowest BCUT2D eigenvalue weighted by Gasteiger charge is -2.15. The van der Waals surface area contributed by atoms with Gasteiger partial charge in [-0.15, -0.1) is 0 Å². The van der Waals surface area contributed by atoms with Gasteiger partial charge in [-0.3, -0.25) is 9.48 Å². The minimum absolute atomic E-state index is 0.142. The van der Waals surface area contributed by atoms with Crippen LogP contribution in [0.25, 0.3) is 5.69 Å². The summed E-state index contributed by atoms with van der Waals surface area (Å²) < 4.78 is 2.78. The summed E-state index contributed by atoms with van der Waals surface area (Å²) in [4.78, 5) is 23.5. The Labute approximate surface area is 115 Å². The van der Waals surface area contributed by atoms with E-state index in [2.05, 4.69) is 0 Å². The molecule has 20 heavy (non-hydrogen) atoms. The lowest BCUT2D eigenvalue weighted by molar-refractivity contribution is 0.0694. The standard InChI is InChI=1S/C14H16N2O4/c1-9(17)8-15-10(2)12(14(19)20)13(18)16(15)11-6-4-3-5-7-11/h3-7,9,17H,8H2,1-2H3,(H,19,20). The van der Waals surface area contributed by atoms with Gasteiger partial charge in [0.15, 0.2) is 0 Å². The fraction of sp³-hybridized carbons (Fsp3) is 0.286. The predicted octanol–water partition coefficient (Wildman–Crippen LogP) is 1.03. The molecule has 1 atom stereocenters. The van der Waals surface area contributed by atoms with E-state index in [1.807, 2.05) is 0 Å². The normalized spacial score (nSPS) is 12.3. The minimum atomic E-state index is -1.26. The number of nitrogens with zero attached hydrogens (tertiary/aromatic N) is 2. The number of benzene rings is 1. The summed E-state index contributed by atoms with van der Waals surface area (Å²) in [7, 11) is 0. The molecule has 0 radical (unpaired) electrons. The lowest BCUT2D eigenvalue weighted by Crippen LogP contribution is -2.26. The van der Waals surface area contributed by atoms with Crippen LogP contribution in [0.1, 0.15) is 23.0 Å². The van der Waals surface area contributed by atoms with Crippen molar-refractivity contribution in [2.75, 3.05) is 0 Å². The zero-order valence-electron chi connectivity index (χ0n) is 11.3.